The van der Waals surface area contributed by atoms with E-state index in [0.29, 0.717) is 24.6 Å². The van der Waals surface area contributed by atoms with Crippen LogP contribution in [0.1, 0.15) is 37.6 Å². The maximum Gasteiger partial charge on any atom is 0.418 e. The number of urea groups is 1. The van der Waals surface area contributed by atoms with Crippen molar-refractivity contribution in [2.75, 3.05) is 48.9 Å². The van der Waals surface area contributed by atoms with E-state index < -0.39 is 29.4 Å². The summed E-state index contributed by atoms with van der Waals surface area (Å²) in [6.07, 6.45) is -3.52. The third-order valence-corrected chi connectivity index (χ3v) is 7.66. The number of carbonyl (C=O) groups is 2. The fourth-order valence-corrected chi connectivity index (χ4v) is 5.17. The molecule has 3 amide bonds. The predicted octanol–water partition coefficient (Wildman–Crippen LogP) is 6.18. The lowest BCUT2D eigenvalue weighted by Gasteiger charge is -2.26. The van der Waals surface area contributed by atoms with Crippen LogP contribution >= 0.6 is 0 Å². The highest BCUT2D eigenvalue weighted by Crippen LogP contribution is 2.41. The number of alkyl halides is 3. The van der Waals surface area contributed by atoms with E-state index in [-0.39, 0.29) is 40.9 Å². The summed E-state index contributed by atoms with van der Waals surface area (Å²) in [6.45, 7) is 9.49. The number of benzene rings is 2. The third kappa shape index (κ3) is 7.52. The van der Waals surface area contributed by atoms with E-state index >= 15 is 0 Å². The molecule has 2 aliphatic rings. The van der Waals surface area contributed by atoms with Crippen molar-refractivity contribution in [2.24, 2.45) is 0 Å². The van der Waals surface area contributed by atoms with E-state index in [1.807, 2.05) is 45.0 Å². The van der Waals surface area contributed by atoms with Gasteiger partial charge in [-0.3, -0.25) is 15.0 Å². The van der Waals surface area contributed by atoms with Crippen LogP contribution in [0.15, 0.2) is 60.8 Å². The van der Waals surface area contributed by atoms with Gasteiger partial charge in [-0.25, -0.2) is 14.5 Å². The molecule has 0 radical (unpaired) electrons. The number of anilines is 3. The third-order valence-electron chi connectivity index (χ3n) is 7.66. The SMILES string of the molecule is CC(C)(C)c1cc(NC(=O)Nc2ccc(Oc3ccnc4c3OCC(=O)N4)cc2C(F)(F)F)n(-c2ccc(CN3CCOCC3)cc2)n1. The Labute approximate surface area is 274 Å². The molecule has 48 heavy (non-hydrogen) atoms. The van der Waals surface area contributed by atoms with Crippen molar-refractivity contribution < 1.29 is 37.0 Å². The Morgan fingerprint density at radius 2 is 1.77 bits per heavy atom. The summed E-state index contributed by atoms with van der Waals surface area (Å²) >= 11 is 0. The minimum absolute atomic E-state index is 0.0589. The highest BCUT2D eigenvalue weighted by molar-refractivity contribution is 6.00. The van der Waals surface area contributed by atoms with Gasteiger partial charge in [-0.1, -0.05) is 32.9 Å². The molecular weight excluding hydrogens is 631 g/mol. The van der Waals surface area contributed by atoms with Crippen LogP contribution in [0.2, 0.25) is 0 Å². The Morgan fingerprint density at radius 1 is 1.02 bits per heavy atom. The second-order valence-corrected chi connectivity index (χ2v) is 12.3. The zero-order chi connectivity index (χ0) is 34.1. The molecule has 2 aromatic carbocycles. The average Bonchev–Trinajstić information content (AvgIpc) is 3.46. The Kier molecular flexibility index (Phi) is 8.99. The number of amides is 3. The molecule has 0 atom stereocenters. The zero-order valence-electron chi connectivity index (χ0n) is 26.5. The summed E-state index contributed by atoms with van der Waals surface area (Å²) in [5.41, 5.74) is 0.458. The van der Waals surface area contributed by atoms with Crippen molar-refractivity contribution in [3.63, 3.8) is 0 Å². The number of rotatable bonds is 7. The molecule has 3 N–H and O–H groups in total. The quantitative estimate of drug-likeness (QED) is 0.213. The molecule has 15 heteroatoms. The van der Waals surface area contributed by atoms with Gasteiger partial charge >= 0.3 is 12.2 Å². The van der Waals surface area contributed by atoms with Gasteiger partial charge in [-0.15, -0.1) is 0 Å². The fraction of sp³-hybridized carbons (Fsp3) is 0.333. The van der Waals surface area contributed by atoms with Crippen LogP contribution in [0.25, 0.3) is 5.69 Å². The summed E-state index contributed by atoms with van der Waals surface area (Å²) in [6, 6.07) is 13.1. The molecule has 252 valence electrons. The second kappa shape index (κ2) is 13.2. The molecule has 2 aliphatic heterocycles. The van der Waals surface area contributed by atoms with Crippen molar-refractivity contribution in [1.82, 2.24) is 19.7 Å². The number of carbonyl (C=O) groups excluding carboxylic acids is 2. The highest BCUT2D eigenvalue weighted by atomic mass is 19.4. The first-order chi connectivity index (χ1) is 22.8. The normalized spacial score (nSPS) is 15.2. The van der Waals surface area contributed by atoms with Gasteiger partial charge in [0.1, 0.15) is 11.6 Å². The van der Waals surface area contributed by atoms with Crippen LogP contribution < -0.4 is 25.4 Å². The van der Waals surface area contributed by atoms with Gasteiger partial charge in [0.2, 0.25) is 5.75 Å². The first-order valence-electron chi connectivity index (χ1n) is 15.2. The standard InChI is InChI=1S/C33H34F3N7O5/c1-32(2,3)26-17-27(43(41-26)21-6-4-20(5-7-21)18-42-12-14-46-15-13-42)39-31(45)38-24-9-8-22(16-23(24)33(34,35)36)48-25-10-11-37-30-29(25)47-19-28(44)40-30/h4-11,16-17H,12-15,18-19H2,1-3H3,(H,37,40,44)(H2,38,39,45). The van der Waals surface area contributed by atoms with Crippen LogP contribution in [-0.4, -0.2) is 64.5 Å². The number of hydrogen-bond acceptors (Lipinski definition) is 8. The number of pyridine rings is 1. The fourth-order valence-electron chi connectivity index (χ4n) is 5.17. The molecule has 0 unspecified atom stereocenters. The Balaban J connectivity index is 1.21. The van der Waals surface area contributed by atoms with Gasteiger partial charge in [0.15, 0.2) is 18.2 Å². The molecule has 1 saturated heterocycles. The summed E-state index contributed by atoms with van der Waals surface area (Å²) < 4.78 is 60.7. The topological polar surface area (TPSA) is 132 Å². The molecule has 0 saturated carbocycles. The van der Waals surface area contributed by atoms with E-state index in [9.17, 15) is 22.8 Å². The van der Waals surface area contributed by atoms with Crippen molar-refractivity contribution in [1.29, 1.82) is 0 Å². The number of morpholine rings is 1. The lowest BCUT2D eigenvalue weighted by molar-refractivity contribution is -0.137. The van der Waals surface area contributed by atoms with E-state index in [4.69, 9.17) is 19.3 Å². The molecule has 0 bridgehead atoms. The summed E-state index contributed by atoms with van der Waals surface area (Å²) in [5, 5.41) is 12.2. The lowest BCUT2D eigenvalue weighted by atomic mass is 9.92. The van der Waals surface area contributed by atoms with Crippen LogP contribution in [0.5, 0.6) is 17.2 Å². The van der Waals surface area contributed by atoms with E-state index in [1.54, 1.807) is 10.7 Å². The molecule has 4 heterocycles. The van der Waals surface area contributed by atoms with Crippen LogP contribution in [0.3, 0.4) is 0 Å². The van der Waals surface area contributed by atoms with Gasteiger partial charge < -0.3 is 24.8 Å². The number of fused-ring (bicyclic) bond motifs is 1. The van der Waals surface area contributed by atoms with E-state index in [2.05, 4.69) is 25.8 Å². The molecule has 4 aromatic rings. The van der Waals surface area contributed by atoms with Crippen molar-refractivity contribution in [3.05, 3.63) is 77.6 Å². The van der Waals surface area contributed by atoms with Crippen molar-refractivity contribution in [2.45, 2.75) is 38.9 Å². The average molecular weight is 666 g/mol. The zero-order valence-corrected chi connectivity index (χ0v) is 26.5. The lowest BCUT2D eigenvalue weighted by Crippen LogP contribution is -2.35. The van der Waals surface area contributed by atoms with Crippen molar-refractivity contribution in [3.8, 4) is 22.9 Å². The second-order valence-electron chi connectivity index (χ2n) is 12.3. The number of aromatic nitrogens is 3. The number of ether oxygens (including phenoxy) is 3. The predicted molar refractivity (Wildman–Crippen MR) is 171 cm³/mol. The van der Waals surface area contributed by atoms with Crippen LogP contribution in [-0.2, 0) is 27.7 Å². The molecule has 0 spiro atoms. The molecule has 6 rings (SSSR count). The molecular formula is C33H34F3N7O5. The van der Waals surface area contributed by atoms with Gasteiger partial charge in [0.25, 0.3) is 5.91 Å². The maximum atomic E-state index is 14.2. The van der Waals surface area contributed by atoms with Gasteiger partial charge in [-0.2, -0.15) is 18.3 Å². The number of nitrogens with one attached hydrogen (secondary N) is 3. The summed E-state index contributed by atoms with van der Waals surface area (Å²) in [4.78, 5) is 31.1. The molecule has 1 fully saturated rings. The smallest absolute Gasteiger partial charge is 0.418 e. The van der Waals surface area contributed by atoms with Crippen LogP contribution in [0.4, 0.5) is 35.3 Å². The summed E-state index contributed by atoms with van der Waals surface area (Å²) in [5.74, 6) is -0.0785. The number of nitrogens with zero attached hydrogens (tertiary/aromatic N) is 4. The summed E-state index contributed by atoms with van der Waals surface area (Å²) in [7, 11) is 0. The molecule has 0 aliphatic carbocycles. The first-order valence-corrected chi connectivity index (χ1v) is 15.2. The Morgan fingerprint density at radius 3 is 2.48 bits per heavy atom. The highest BCUT2D eigenvalue weighted by Gasteiger charge is 2.35. The van der Waals surface area contributed by atoms with Gasteiger partial charge in [-0.05, 0) is 35.9 Å². The minimum atomic E-state index is -4.84. The Hall–Kier alpha value is -5.15. The molecule has 12 nitrogen and oxygen atoms in total. The largest absolute Gasteiger partial charge is 0.476 e. The number of halogens is 3. The van der Waals surface area contributed by atoms with E-state index in [1.165, 1.54) is 18.3 Å². The van der Waals surface area contributed by atoms with Gasteiger partial charge in [0.05, 0.1) is 35.8 Å². The first kappa shape index (κ1) is 32.8. The minimum Gasteiger partial charge on any atom is -0.476 e. The van der Waals surface area contributed by atoms with Crippen molar-refractivity contribution >= 4 is 29.3 Å². The Bertz CT molecular complexity index is 1810. The maximum absolute atomic E-state index is 14.2. The molecule has 2 aromatic heterocycles. The monoisotopic (exact) mass is 665 g/mol. The van der Waals surface area contributed by atoms with Crippen LogP contribution in [0, 0.1) is 0 Å². The van der Waals surface area contributed by atoms with Gasteiger partial charge in [0, 0.05) is 43.4 Å². The number of hydrogen-bond donors (Lipinski definition) is 3. The van der Waals surface area contributed by atoms with E-state index in [0.717, 1.165) is 37.3 Å².